The molecule has 12 heteroatoms. The second kappa shape index (κ2) is 12.0. The summed E-state index contributed by atoms with van der Waals surface area (Å²) in [6.07, 6.45) is -0.938. The van der Waals surface area contributed by atoms with Crippen LogP contribution in [0.25, 0.3) is 11.3 Å². The van der Waals surface area contributed by atoms with Gasteiger partial charge in [-0.2, -0.15) is 13.2 Å². The summed E-state index contributed by atoms with van der Waals surface area (Å²) in [5, 5.41) is 2.94. The zero-order valence-electron chi connectivity index (χ0n) is 22.4. The standard InChI is InChI=1S/C28H30ClF4N5O2/c1-37(2)14-11-35-26(39)27(19-16-22(30)24(36-17-19)20-5-4-10-34-25(20)40-3)8-12-38(13-9-27)23-7-6-18(15-21(23)29)28(31,32)33/h4-7,10,15-17H,8-9,11-14H2,1-3H3,(H,35,39). The van der Waals surface area contributed by atoms with Crippen LogP contribution in [0.2, 0.25) is 5.02 Å². The van der Waals surface area contributed by atoms with Crippen molar-refractivity contribution in [3.63, 3.8) is 0 Å². The van der Waals surface area contributed by atoms with Gasteiger partial charge in [-0.3, -0.25) is 9.78 Å². The molecule has 1 aromatic carbocycles. The number of carbonyl (C=O) groups is 1. The number of hydrogen-bond acceptors (Lipinski definition) is 6. The van der Waals surface area contributed by atoms with Gasteiger partial charge < -0.3 is 19.9 Å². The van der Waals surface area contributed by atoms with Crippen molar-refractivity contribution in [2.45, 2.75) is 24.4 Å². The van der Waals surface area contributed by atoms with Gasteiger partial charge in [-0.1, -0.05) is 11.6 Å². The summed E-state index contributed by atoms with van der Waals surface area (Å²) in [7, 11) is 5.21. The van der Waals surface area contributed by atoms with Crippen LogP contribution in [0.15, 0.2) is 48.8 Å². The predicted molar refractivity (Wildman–Crippen MR) is 145 cm³/mol. The molecule has 0 aliphatic carbocycles. The number of likely N-dealkylation sites (N-methyl/N-ethyl adjacent to an activating group) is 1. The molecule has 2 aromatic heterocycles. The van der Waals surface area contributed by atoms with Crippen LogP contribution in [0.3, 0.4) is 0 Å². The largest absolute Gasteiger partial charge is 0.481 e. The molecule has 40 heavy (non-hydrogen) atoms. The van der Waals surface area contributed by atoms with Crippen molar-refractivity contribution in [1.82, 2.24) is 20.2 Å². The lowest BCUT2D eigenvalue weighted by Gasteiger charge is -2.42. The van der Waals surface area contributed by atoms with Crippen LogP contribution < -0.4 is 15.0 Å². The fourth-order valence-electron chi connectivity index (χ4n) is 4.91. The molecule has 0 radical (unpaired) electrons. The van der Waals surface area contributed by atoms with Gasteiger partial charge in [-0.15, -0.1) is 0 Å². The molecule has 4 rings (SSSR count). The number of ether oxygens (including phenoxy) is 1. The van der Waals surface area contributed by atoms with Crippen LogP contribution in [0.5, 0.6) is 5.88 Å². The van der Waals surface area contributed by atoms with Crippen LogP contribution in [0.4, 0.5) is 23.2 Å². The number of anilines is 1. The minimum atomic E-state index is -4.51. The lowest BCUT2D eigenvalue weighted by molar-refractivity contribution is -0.137. The van der Waals surface area contributed by atoms with E-state index in [4.69, 9.17) is 16.3 Å². The maximum absolute atomic E-state index is 15.5. The first-order valence-corrected chi connectivity index (χ1v) is 13.0. The Bertz CT molecular complexity index is 1360. The number of aromatic nitrogens is 2. The van der Waals surface area contributed by atoms with Crippen molar-refractivity contribution < 1.29 is 27.1 Å². The van der Waals surface area contributed by atoms with E-state index in [0.29, 0.717) is 43.0 Å². The molecule has 0 bridgehead atoms. The number of carbonyl (C=O) groups excluding carboxylic acids is 1. The molecule has 0 atom stereocenters. The van der Waals surface area contributed by atoms with Crippen LogP contribution in [-0.2, 0) is 16.4 Å². The van der Waals surface area contributed by atoms with E-state index in [1.807, 2.05) is 23.9 Å². The number of pyridine rings is 2. The lowest BCUT2D eigenvalue weighted by atomic mass is 9.72. The van der Waals surface area contributed by atoms with E-state index < -0.39 is 23.0 Å². The minimum absolute atomic E-state index is 0.0276. The normalized spacial score (nSPS) is 15.3. The molecule has 1 amide bonds. The number of methoxy groups -OCH3 is 1. The maximum atomic E-state index is 15.5. The number of nitrogens with one attached hydrogen (secondary N) is 1. The molecule has 0 saturated carbocycles. The molecule has 7 nitrogen and oxygen atoms in total. The van der Waals surface area contributed by atoms with Gasteiger partial charge in [-0.25, -0.2) is 9.37 Å². The highest BCUT2D eigenvalue weighted by molar-refractivity contribution is 6.33. The Kier molecular flexibility index (Phi) is 8.84. The smallest absolute Gasteiger partial charge is 0.416 e. The van der Waals surface area contributed by atoms with Gasteiger partial charge in [-0.05, 0) is 68.9 Å². The number of benzene rings is 1. The highest BCUT2D eigenvalue weighted by atomic mass is 35.5. The van der Waals surface area contributed by atoms with E-state index in [9.17, 15) is 18.0 Å². The lowest BCUT2D eigenvalue weighted by Crippen LogP contribution is -2.52. The van der Waals surface area contributed by atoms with Crippen molar-refractivity contribution >= 4 is 23.2 Å². The van der Waals surface area contributed by atoms with Crippen molar-refractivity contribution in [2.24, 2.45) is 0 Å². The van der Waals surface area contributed by atoms with Crippen molar-refractivity contribution in [2.75, 3.05) is 52.3 Å². The molecule has 1 aliphatic heterocycles. The van der Waals surface area contributed by atoms with E-state index in [1.165, 1.54) is 31.6 Å². The molecule has 214 valence electrons. The quantitative estimate of drug-likeness (QED) is 0.371. The third-order valence-corrected chi connectivity index (χ3v) is 7.43. The Morgan fingerprint density at radius 3 is 2.50 bits per heavy atom. The van der Waals surface area contributed by atoms with E-state index in [-0.39, 0.29) is 35.3 Å². The zero-order valence-corrected chi connectivity index (χ0v) is 23.1. The molecule has 0 spiro atoms. The first kappa shape index (κ1) is 29.5. The molecule has 1 N–H and O–H groups in total. The second-order valence-electron chi connectivity index (χ2n) is 9.91. The van der Waals surface area contributed by atoms with Gasteiger partial charge in [0, 0.05) is 38.6 Å². The first-order chi connectivity index (χ1) is 19.0. The fraction of sp³-hybridized carbons (Fsp3) is 0.393. The SMILES string of the molecule is COc1ncccc1-c1ncc(C2(C(=O)NCCN(C)C)CCN(c3ccc(C(F)(F)F)cc3Cl)CC2)cc1F. The van der Waals surface area contributed by atoms with E-state index in [2.05, 4.69) is 15.3 Å². The summed E-state index contributed by atoms with van der Waals surface area (Å²) in [5.74, 6) is -0.669. The summed E-state index contributed by atoms with van der Waals surface area (Å²) >= 11 is 6.24. The zero-order chi connectivity index (χ0) is 29.1. The molecule has 3 heterocycles. The number of halogens is 5. The fourth-order valence-corrected chi connectivity index (χ4v) is 5.21. The maximum Gasteiger partial charge on any atom is 0.416 e. The van der Waals surface area contributed by atoms with E-state index in [0.717, 1.165) is 12.1 Å². The third kappa shape index (κ3) is 6.15. The Morgan fingerprint density at radius 1 is 1.18 bits per heavy atom. The summed E-state index contributed by atoms with van der Waals surface area (Å²) in [5.41, 5.74) is -0.653. The Morgan fingerprint density at radius 2 is 1.90 bits per heavy atom. The number of hydrogen-bond donors (Lipinski definition) is 1. The van der Waals surface area contributed by atoms with Crippen molar-refractivity contribution in [1.29, 1.82) is 0 Å². The Labute approximate surface area is 235 Å². The monoisotopic (exact) mass is 579 g/mol. The number of rotatable bonds is 8. The summed E-state index contributed by atoms with van der Waals surface area (Å²) in [6.45, 7) is 1.63. The molecule has 1 fully saturated rings. The van der Waals surface area contributed by atoms with E-state index >= 15 is 4.39 Å². The van der Waals surface area contributed by atoms with Crippen molar-refractivity contribution in [3.05, 3.63) is 70.8 Å². The molecule has 3 aromatic rings. The Balaban J connectivity index is 1.65. The van der Waals surface area contributed by atoms with Gasteiger partial charge in [0.05, 0.1) is 34.4 Å². The average Bonchev–Trinajstić information content (AvgIpc) is 2.92. The van der Waals surface area contributed by atoms with Crippen LogP contribution in [0, 0.1) is 5.82 Å². The highest BCUT2D eigenvalue weighted by Gasteiger charge is 2.44. The highest BCUT2D eigenvalue weighted by Crippen LogP contribution is 2.41. The van der Waals surface area contributed by atoms with Gasteiger partial charge >= 0.3 is 6.18 Å². The third-order valence-electron chi connectivity index (χ3n) is 7.13. The molecule has 0 unspecified atom stereocenters. The topological polar surface area (TPSA) is 70.6 Å². The first-order valence-electron chi connectivity index (χ1n) is 12.7. The number of piperidine rings is 1. The summed E-state index contributed by atoms with van der Waals surface area (Å²) in [4.78, 5) is 25.9. The minimum Gasteiger partial charge on any atom is -0.481 e. The van der Waals surface area contributed by atoms with Gasteiger partial charge in [0.1, 0.15) is 11.5 Å². The van der Waals surface area contributed by atoms with Crippen LogP contribution in [-0.4, -0.2) is 68.2 Å². The Hall–Kier alpha value is -3.44. The van der Waals surface area contributed by atoms with Crippen LogP contribution in [0.1, 0.15) is 24.0 Å². The van der Waals surface area contributed by atoms with Crippen molar-refractivity contribution in [3.8, 4) is 17.1 Å². The van der Waals surface area contributed by atoms with Gasteiger partial charge in [0.15, 0.2) is 0 Å². The molecule has 1 saturated heterocycles. The molecular weight excluding hydrogens is 550 g/mol. The van der Waals surface area contributed by atoms with E-state index in [1.54, 1.807) is 12.1 Å². The molecule has 1 aliphatic rings. The molecular formula is C28H30ClF4N5O2. The summed E-state index contributed by atoms with van der Waals surface area (Å²) < 4.78 is 60.1. The van der Waals surface area contributed by atoms with Crippen LogP contribution >= 0.6 is 11.6 Å². The number of nitrogens with zero attached hydrogens (tertiary/aromatic N) is 4. The number of alkyl halides is 3. The van der Waals surface area contributed by atoms with Gasteiger partial charge in [0.2, 0.25) is 11.8 Å². The second-order valence-corrected chi connectivity index (χ2v) is 10.3. The summed E-state index contributed by atoms with van der Waals surface area (Å²) in [6, 6.07) is 7.84. The predicted octanol–water partition coefficient (Wildman–Crippen LogP) is 5.18. The number of amides is 1. The van der Waals surface area contributed by atoms with Gasteiger partial charge in [0.25, 0.3) is 0 Å². The average molecular weight is 580 g/mol.